The van der Waals surface area contributed by atoms with Crippen LogP contribution in [0.2, 0.25) is 0 Å². The highest BCUT2D eigenvalue weighted by Crippen LogP contribution is 2.31. The van der Waals surface area contributed by atoms with E-state index < -0.39 is 0 Å². The van der Waals surface area contributed by atoms with Crippen LogP contribution in [0, 0.1) is 0 Å². The lowest BCUT2D eigenvalue weighted by Gasteiger charge is -2.30. The van der Waals surface area contributed by atoms with E-state index in [1.807, 2.05) is 42.4 Å². The minimum Gasteiger partial charge on any atom is -0.484 e. The number of aryl methyl sites for hydroxylation is 2. The SMILES string of the molecule is Cn1cccc1[C@@H]1CCCCCN1C(=O)COc1ccc2c(c1)CCC(=O)N2. The van der Waals surface area contributed by atoms with Crippen LogP contribution in [0.15, 0.2) is 36.5 Å². The first-order chi connectivity index (χ1) is 13.6. The van der Waals surface area contributed by atoms with Gasteiger partial charge in [0.2, 0.25) is 5.91 Å². The van der Waals surface area contributed by atoms with Crippen LogP contribution in [-0.4, -0.2) is 34.4 Å². The number of aromatic nitrogens is 1. The summed E-state index contributed by atoms with van der Waals surface area (Å²) >= 11 is 0. The molecule has 1 aromatic carbocycles. The van der Waals surface area contributed by atoms with Crippen molar-refractivity contribution in [2.24, 2.45) is 7.05 Å². The van der Waals surface area contributed by atoms with Crippen molar-refractivity contribution in [2.45, 2.75) is 44.6 Å². The highest BCUT2D eigenvalue weighted by atomic mass is 16.5. The van der Waals surface area contributed by atoms with Gasteiger partial charge < -0.3 is 19.5 Å². The van der Waals surface area contributed by atoms with Crippen molar-refractivity contribution in [2.75, 3.05) is 18.5 Å². The second-order valence-electron chi connectivity index (χ2n) is 7.65. The largest absolute Gasteiger partial charge is 0.484 e. The molecule has 2 aliphatic heterocycles. The van der Waals surface area contributed by atoms with Crippen molar-refractivity contribution < 1.29 is 14.3 Å². The van der Waals surface area contributed by atoms with Gasteiger partial charge in [-0.2, -0.15) is 0 Å². The topological polar surface area (TPSA) is 63.6 Å². The molecule has 0 bridgehead atoms. The zero-order valence-electron chi connectivity index (χ0n) is 16.3. The summed E-state index contributed by atoms with van der Waals surface area (Å²) in [7, 11) is 2.03. The van der Waals surface area contributed by atoms with Crippen molar-refractivity contribution >= 4 is 17.5 Å². The fourth-order valence-corrected chi connectivity index (χ4v) is 4.21. The van der Waals surface area contributed by atoms with Crippen LogP contribution >= 0.6 is 0 Å². The molecule has 1 N–H and O–H groups in total. The first kappa shape index (κ1) is 18.6. The van der Waals surface area contributed by atoms with E-state index in [2.05, 4.69) is 16.0 Å². The Morgan fingerprint density at radius 1 is 1.21 bits per heavy atom. The van der Waals surface area contributed by atoms with Gasteiger partial charge in [0, 0.05) is 37.6 Å². The summed E-state index contributed by atoms with van der Waals surface area (Å²) in [5.74, 6) is 0.747. The molecule has 148 valence electrons. The number of carbonyl (C=O) groups excluding carboxylic acids is 2. The van der Waals surface area contributed by atoms with Crippen LogP contribution in [0.1, 0.15) is 49.4 Å². The summed E-state index contributed by atoms with van der Waals surface area (Å²) in [5, 5.41) is 2.87. The Kier molecular flexibility index (Phi) is 5.37. The van der Waals surface area contributed by atoms with Gasteiger partial charge in [-0.1, -0.05) is 12.8 Å². The van der Waals surface area contributed by atoms with Gasteiger partial charge in [-0.25, -0.2) is 0 Å². The highest BCUT2D eigenvalue weighted by Gasteiger charge is 2.28. The summed E-state index contributed by atoms with van der Waals surface area (Å²) in [6.45, 7) is 0.806. The average molecular weight is 381 g/mol. The van der Waals surface area contributed by atoms with Gasteiger partial charge in [-0.3, -0.25) is 9.59 Å². The number of rotatable bonds is 4. The third-order valence-corrected chi connectivity index (χ3v) is 5.73. The van der Waals surface area contributed by atoms with E-state index in [-0.39, 0.29) is 24.5 Å². The molecule has 28 heavy (non-hydrogen) atoms. The Bertz CT molecular complexity index is 874. The third-order valence-electron chi connectivity index (χ3n) is 5.73. The van der Waals surface area contributed by atoms with Crippen LogP contribution in [-0.2, 0) is 23.1 Å². The Hall–Kier alpha value is -2.76. The number of likely N-dealkylation sites (tertiary alicyclic amines) is 1. The molecule has 6 heteroatoms. The van der Waals surface area contributed by atoms with E-state index >= 15 is 0 Å². The monoisotopic (exact) mass is 381 g/mol. The molecule has 1 fully saturated rings. The molecule has 0 aliphatic carbocycles. The van der Waals surface area contributed by atoms with E-state index in [1.165, 1.54) is 5.69 Å². The molecule has 0 spiro atoms. The Balaban J connectivity index is 1.44. The molecule has 4 rings (SSSR count). The third kappa shape index (κ3) is 3.91. The van der Waals surface area contributed by atoms with Crippen LogP contribution in [0.5, 0.6) is 5.75 Å². The van der Waals surface area contributed by atoms with Gasteiger partial charge in [0.15, 0.2) is 6.61 Å². The smallest absolute Gasteiger partial charge is 0.261 e. The number of hydrogen-bond donors (Lipinski definition) is 1. The summed E-state index contributed by atoms with van der Waals surface area (Å²) in [4.78, 5) is 26.5. The molecule has 2 amide bonds. The van der Waals surface area contributed by atoms with Gasteiger partial charge >= 0.3 is 0 Å². The summed E-state index contributed by atoms with van der Waals surface area (Å²) in [6, 6.07) is 9.84. The lowest BCUT2D eigenvalue weighted by molar-refractivity contribution is -0.136. The first-order valence-corrected chi connectivity index (χ1v) is 10.1. The average Bonchev–Trinajstić information content (AvgIpc) is 2.97. The van der Waals surface area contributed by atoms with E-state index in [0.29, 0.717) is 18.6 Å². The number of anilines is 1. The number of fused-ring (bicyclic) bond motifs is 1. The molecular formula is C22H27N3O3. The van der Waals surface area contributed by atoms with Crippen molar-refractivity contribution in [3.8, 4) is 5.75 Å². The van der Waals surface area contributed by atoms with E-state index in [4.69, 9.17) is 4.74 Å². The molecule has 2 aromatic rings. The molecule has 1 aromatic heterocycles. The fraction of sp³-hybridized carbons (Fsp3) is 0.455. The van der Waals surface area contributed by atoms with Crippen molar-refractivity contribution in [3.63, 3.8) is 0 Å². The van der Waals surface area contributed by atoms with Crippen LogP contribution in [0.25, 0.3) is 0 Å². The molecule has 0 unspecified atom stereocenters. The molecule has 1 atom stereocenters. The summed E-state index contributed by atoms with van der Waals surface area (Å²) < 4.78 is 7.95. The Morgan fingerprint density at radius 3 is 2.93 bits per heavy atom. The van der Waals surface area contributed by atoms with Gasteiger partial charge in [0.05, 0.1) is 6.04 Å². The number of carbonyl (C=O) groups is 2. The normalized spacial score (nSPS) is 19.5. The predicted octanol–water partition coefficient (Wildman–Crippen LogP) is 3.43. The van der Waals surface area contributed by atoms with Crippen molar-refractivity contribution in [1.82, 2.24) is 9.47 Å². The van der Waals surface area contributed by atoms with Gasteiger partial charge in [0.25, 0.3) is 5.91 Å². The minimum atomic E-state index is 0.0270. The molecule has 0 radical (unpaired) electrons. The van der Waals surface area contributed by atoms with Crippen LogP contribution in [0.3, 0.4) is 0 Å². The maximum atomic E-state index is 13.0. The standard InChI is InChI=1S/C22H27N3O3/c1-24-12-5-7-19(24)20-6-3-2-4-13-25(20)22(27)15-28-17-9-10-18-16(14-17)8-11-21(26)23-18/h5,7,9-10,12,14,20H,2-4,6,8,11,13,15H2,1H3,(H,23,26)/t20-/m0/s1. The highest BCUT2D eigenvalue weighted by molar-refractivity contribution is 5.94. The maximum absolute atomic E-state index is 13.0. The molecule has 6 nitrogen and oxygen atoms in total. The molecular weight excluding hydrogens is 354 g/mol. The molecule has 2 aliphatic rings. The van der Waals surface area contributed by atoms with Gasteiger partial charge in [-0.05, 0) is 55.2 Å². The number of amides is 2. The molecule has 3 heterocycles. The minimum absolute atomic E-state index is 0.0270. The number of nitrogens with zero attached hydrogens (tertiary/aromatic N) is 2. The summed E-state index contributed by atoms with van der Waals surface area (Å²) in [5.41, 5.74) is 3.08. The Labute approximate surface area is 165 Å². The second-order valence-corrected chi connectivity index (χ2v) is 7.65. The second kappa shape index (κ2) is 8.09. The van der Waals surface area contributed by atoms with Crippen LogP contribution < -0.4 is 10.1 Å². The summed E-state index contributed by atoms with van der Waals surface area (Å²) in [6.07, 6.45) is 7.53. The van der Waals surface area contributed by atoms with Crippen LogP contribution in [0.4, 0.5) is 5.69 Å². The first-order valence-electron chi connectivity index (χ1n) is 10.1. The zero-order chi connectivity index (χ0) is 19.5. The maximum Gasteiger partial charge on any atom is 0.261 e. The lowest BCUT2D eigenvalue weighted by atomic mass is 10.0. The number of ether oxygens (including phenoxy) is 1. The molecule has 0 saturated carbocycles. The van der Waals surface area contributed by atoms with E-state index in [1.54, 1.807) is 0 Å². The van der Waals surface area contributed by atoms with E-state index in [0.717, 1.165) is 43.5 Å². The van der Waals surface area contributed by atoms with Gasteiger partial charge in [0.1, 0.15) is 5.75 Å². The van der Waals surface area contributed by atoms with Crippen molar-refractivity contribution in [1.29, 1.82) is 0 Å². The number of benzene rings is 1. The predicted molar refractivity (Wildman–Crippen MR) is 107 cm³/mol. The zero-order valence-corrected chi connectivity index (χ0v) is 16.3. The fourth-order valence-electron chi connectivity index (χ4n) is 4.21. The quantitative estimate of drug-likeness (QED) is 0.882. The lowest BCUT2D eigenvalue weighted by Crippen LogP contribution is -2.38. The Morgan fingerprint density at radius 2 is 2.11 bits per heavy atom. The number of nitrogens with one attached hydrogen (secondary N) is 1. The number of hydrogen-bond acceptors (Lipinski definition) is 3. The van der Waals surface area contributed by atoms with E-state index in [9.17, 15) is 9.59 Å². The van der Waals surface area contributed by atoms with Crippen molar-refractivity contribution in [3.05, 3.63) is 47.8 Å². The molecule has 1 saturated heterocycles. The van der Waals surface area contributed by atoms with Gasteiger partial charge in [-0.15, -0.1) is 0 Å².